The Kier molecular flexibility index (Phi) is 6.61. The fourth-order valence-electron chi connectivity index (χ4n) is 3.21. The maximum atomic E-state index is 13.3. The highest BCUT2D eigenvalue weighted by Gasteiger charge is 2.36. The van der Waals surface area contributed by atoms with E-state index in [0.717, 1.165) is 24.3 Å². The van der Waals surface area contributed by atoms with Crippen molar-refractivity contribution >= 4 is 15.9 Å². The average Bonchev–Trinajstić information content (AvgIpc) is 2.74. The van der Waals surface area contributed by atoms with E-state index < -0.39 is 32.9 Å². The summed E-state index contributed by atoms with van der Waals surface area (Å²) in [6.07, 6.45) is 0. The van der Waals surface area contributed by atoms with Crippen LogP contribution in [0.2, 0.25) is 0 Å². The first-order valence-electron chi connectivity index (χ1n) is 9.64. The summed E-state index contributed by atoms with van der Waals surface area (Å²) in [5.41, 5.74) is -0.969. The van der Waals surface area contributed by atoms with Crippen molar-refractivity contribution < 1.29 is 31.1 Å². The fourth-order valence-corrected chi connectivity index (χ4v) is 4.63. The first-order valence-corrected chi connectivity index (χ1v) is 11.1. The van der Waals surface area contributed by atoms with E-state index in [1.807, 2.05) is 0 Å². The summed E-state index contributed by atoms with van der Waals surface area (Å²) in [4.78, 5) is 14.5. The van der Waals surface area contributed by atoms with Gasteiger partial charge in [-0.2, -0.15) is 4.31 Å². The lowest BCUT2D eigenvalue weighted by molar-refractivity contribution is -0.143. The summed E-state index contributed by atoms with van der Waals surface area (Å²) in [5, 5.41) is 0. The smallest absolute Gasteiger partial charge is 0.243 e. The van der Waals surface area contributed by atoms with Crippen molar-refractivity contribution in [1.82, 2.24) is 9.21 Å². The molecule has 1 amide bonds. The van der Waals surface area contributed by atoms with Crippen LogP contribution in [0.1, 0.15) is 13.8 Å². The van der Waals surface area contributed by atoms with Crippen molar-refractivity contribution in [3.63, 3.8) is 0 Å². The molecule has 0 aromatic heterocycles. The van der Waals surface area contributed by atoms with Gasteiger partial charge in [0, 0.05) is 32.2 Å². The second-order valence-corrected chi connectivity index (χ2v) is 9.84. The van der Waals surface area contributed by atoms with E-state index in [1.165, 1.54) is 22.5 Å². The predicted octanol–water partition coefficient (Wildman–Crippen LogP) is 3.04. The topological polar surface area (TPSA) is 66.9 Å². The van der Waals surface area contributed by atoms with Crippen LogP contribution in [0.15, 0.2) is 47.4 Å². The lowest BCUT2D eigenvalue weighted by Gasteiger charge is -2.38. The van der Waals surface area contributed by atoms with E-state index in [1.54, 1.807) is 18.7 Å². The molecule has 168 valence electrons. The van der Waals surface area contributed by atoms with Gasteiger partial charge >= 0.3 is 0 Å². The van der Waals surface area contributed by atoms with E-state index >= 15 is 0 Å². The van der Waals surface area contributed by atoms with Crippen molar-refractivity contribution in [3.8, 4) is 5.75 Å². The lowest BCUT2D eigenvalue weighted by atomic mass is 9.92. The van der Waals surface area contributed by atoms with Crippen molar-refractivity contribution in [3.05, 3.63) is 59.9 Å². The molecule has 3 rings (SSSR count). The van der Waals surface area contributed by atoms with Gasteiger partial charge in [-0.25, -0.2) is 21.6 Å². The minimum atomic E-state index is -3.78. The molecular formula is C21H23F3N2O4S. The number of piperazine rings is 1. The highest BCUT2D eigenvalue weighted by molar-refractivity contribution is 7.89. The van der Waals surface area contributed by atoms with Crippen molar-refractivity contribution in [2.24, 2.45) is 5.41 Å². The van der Waals surface area contributed by atoms with Gasteiger partial charge < -0.3 is 9.64 Å². The molecular weight excluding hydrogens is 433 g/mol. The molecule has 2 aromatic rings. The molecule has 1 saturated heterocycles. The van der Waals surface area contributed by atoms with E-state index in [4.69, 9.17) is 4.74 Å². The number of rotatable bonds is 6. The second-order valence-electron chi connectivity index (χ2n) is 7.90. The van der Waals surface area contributed by atoms with Crippen LogP contribution in [-0.2, 0) is 14.8 Å². The van der Waals surface area contributed by atoms with Crippen molar-refractivity contribution in [1.29, 1.82) is 0 Å². The Balaban J connectivity index is 1.59. The summed E-state index contributed by atoms with van der Waals surface area (Å²) < 4.78 is 71.6. The molecule has 1 aliphatic rings. The molecule has 1 aliphatic heterocycles. The minimum Gasteiger partial charge on any atom is -0.492 e. The van der Waals surface area contributed by atoms with Crippen LogP contribution >= 0.6 is 0 Å². The van der Waals surface area contributed by atoms with E-state index in [-0.39, 0.29) is 49.3 Å². The van der Waals surface area contributed by atoms with Crippen LogP contribution in [0, 0.1) is 22.9 Å². The van der Waals surface area contributed by atoms with Gasteiger partial charge in [0.15, 0.2) is 11.6 Å². The number of amides is 1. The molecule has 31 heavy (non-hydrogen) atoms. The van der Waals surface area contributed by atoms with Gasteiger partial charge in [-0.1, -0.05) is 0 Å². The minimum absolute atomic E-state index is 0.00561. The molecule has 0 saturated carbocycles. The Bertz CT molecular complexity index is 1050. The molecule has 2 aromatic carbocycles. The van der Waals surface area contributed by atoms with Gasteiger partial charge in [0.25, 0.3) is 0 Å². The number of hydrogen-bond acceptors (Lipinski definition) is 4. The Morgan fingerprint density at radius 3 is 2.16 bits per heavy atom. The number of carbonyl (C=O) groups excluding carboxylic acids is 1. The maximum Gasteiger partial charge on any atom is 0.243 e. The molecule has 0 bridgehead atoms. The number of ether oxygens (including phenoxy) is 1. The number of carbonyl (C=O) groups is 1. The molecule has 0 aliphatic carbocycles. The molecule has 0 spiro atoms. The first kappa shape index (κ1) is 23.1. The van der Waals surface area contributed by atoms with Crippen LogP contribution in [0.25, 0.3) is 0 Å². The Morgan fingerprint density at radius 1 is 0.968 bits per heavy atom. The van der Waals surface area contributed by atoms with Gasteiger partial charge in [-0.05, 0) is 50.2 Å². The molecule has 6 nitrogen and oxygen atoms in total. The normalized spacial score (nSPS) is 15.7. The van der Waals surface area contributed by atoms with Gasteiger partial charge in [-0.3, -0.25) is 4.79 Å². The monoisotopic (exact) mass is 456 g/mol. The largest absolute Gasteiger partial charge is 0.492 e. The summed E-state index contributed by atoms with van der Waals surface area (Å²) in [6, 6.07) is 7.72. The van der Waals surface area contributed by atoms with Gasteiger partial charge in [0.05, 0.1) is 10.3 Å². The summed E-state index contributed by atoms with van der Waals surface area (Å²) in [5.74, 6) is -2.69. The number of hydrogen-bond donors (Lipinski definition) is 0. The second kappa shape index (κ2) is 8.88. The number of benzene rings is 2. The van der Waals surface area contributed by atoms with Gasteiger partial charge in [0.1, 0.15) is 18.2 Å². The van der Waals surface area contributed by atoms with E-state index in [0.29, 0.717) is 0 Å². The zero-order valence-electron chi connectivity index (χ0n) is 17.1. The highest BCUT2D eigenvalue weighted by Crippen LogP contribution is 2.25. The average molecular weight is 456 g/mol. The zero-order valence-corrected chi connectivity index (χ0v) is 18.0. The summed E-state index contributed by atoms with van der Waals surface area (Å²) in [7, 11) is -3.78. The van der Waals surface area contributed by atoms with Crippen LogP contribution < -0.4 is 4.74 Å². The SMILES string of the molecule is CC(C)(COc1ccc(F)c(F)c1)C(=O)N1CCN(S(=O)(=O)c2ccc(F)cc2)CC1. The standard InChI is InChI=1S/C21H23F3N2O4S/c1-21(2,14-30-16-5-8-18(23)19(24)13-16)20(27)25-9-11-26(12-10-25)31(28,29)17-6-3-15(22)4-7-17/h3-8,13H,9-12,14H2,1-2H3. The molecule has 0 unspecified atom stereocenters. The number of halogens is 3. The van der Waals surface area contributed by atoms with Gasteiger partial charge in [-0.15, -0.1) is 0 Å². The number of sulfonamides is 1. The third kappa shape index (κ3) is 5.19. The first-order chi connectivity index (χ1) is 14.5. The Hall–Kier alpha value is -2.59. The molecule has 1 heterocycles. The number of nitrogens with zero attached hydrogens (tertiary/aromatic N) is 2. The fraction of sp³-hybridized carbons (Fsp3) is 0.381. The third-order valence-electron chi connectivity index (χ3n) is 5.05. The molecule has 0 atom stereocenters. The molecule has 0 N–H and O–H groups in total. The van der Waals surface area contributed by atoms with Crippen molar-refractivity contribution in [2.45, 2.75) is 18.7 Å². The van der Waals surface area contributed by atoms with Gasteiger partial charge in [0.2, 0.25) is 15.9 Å². The Labute approximate surface area is 179 Å². The third-order valence-corrected chi connectivity index (χ3v) is 6.96. The Morgan fingerprint density at radius 2 is 1.58 bits per heavy atom. The summed E-state index contributed by atoms with van der Waals surface area (Å²) in [6.45, 7) is 3.84. The van der Waals surface area contributed by atoms with Crippen LogP contribution in [0.4, 0.5) is 13.2 Å². The highest BCUT2D eigenvalue weighted by atomic mass is 32.2. The molecule has 0 radical (unpaired) electrons. The predicted molar refractivity (Wildman–Crippen MR) is 107 cm³/mol. The summed E-state index contributed by atoms with van der Waals surface area (Å²) >= 11 is 0. The van der Waals surface area contributed by atoms with Crippen LogP contribution in [0.3, 0.4) is 0 Å². The van der Waals surface area contributed by atoms with Crippen molar-refractivity contribution in [2.75, 3.05) is 32.8 Å². The molecule has 1 fully saturated rings. The lowest BCUT2D eigenvalue weighted by Crippen LogP contribution is -2.54. The van der Waals surface area contributed by atoms with Crippen LogP contribution in [-0.4, -0.2) is 56.3 Å². The van der Waals surface area contributed by atoms with Crippen LogP contribution in [0.5, 0.6) is 5.75 Å². The van der Waals surface area contributed by atoms with E-state index in [9.17, 15) is 26.4 Å². The van der Waals surface area contributed by atoms with E-state index in [2.05, 4.69) is 0 Å². The maximum absolute atomic E-state index is 13.3. The molecule has 10 heteroatoms. The quantitative estimate of drug-likeness (QED) is 0.670. The zero-order chi connectivity index (χ0) is 22.8.